The first-order valence-electron chi connectivity index (χ1n) is 10.1. The Bertz CT molecular complexity index is 1020. The number of hydrogen-bond acceptors (Lipinski definition) is 6. The van der Waals surface area contributed by atoms with Crippen LogP contribution >= 0.6 is 11.8 Å². The van der Waals surface area contributed by atoms with Crippen molar-refractivity contribution in [2.24, 2.45) is 0 Å². The van der Waals surface area contributed by atoms with Gasteiger partial charge in [-0.2, -0.15) is 8.78 Å². The summed E-state index contributed by atoms with van der Waals surface area (Å²) in [5, 5.41) is 2.29. The lowest BCUT2D eigenvalue weighted by Crippen LogP contribution is -2.40. The van der Waals surface area contributed by atoms with Crippen molar-refractivity contribution in [3.05, 3.63) is 70.6 Å². The number of ether oxygens (including phenoxy) is 1. The van der Waals surface area contributed by atoms with E-state index in [1.807, 2.05) is 42.3 Å². The maximum atomic E-state index is 12.6. The molecule has 1 aliphatic heterocycles. The maximum absolute atomic E-state index is 12.6. The van der Waals surface area contributed by atoms with Crippen LogP contribution in [0.25, 0.3) is 6.08 Å². The molecule has 2 aromatic carbocycles. The van der Waals surface area contributed by atoms with Gasteiger partial charge in [-0.05, 0) is 48.1 Å². The Hall–Kier alpha value is -3.24. The molecule has 1 fully saturated rings. The molecule has 174 valence electrons. The van der Waals surface area contributed by atoms with Crippen LogP contribution in [0.4, 0.5) is 13.6 Å². The van der Waals surface area contributed by atoms with E-state index >= 15 is 0 Å². The van der Waals surface area contributed by atoms with Crippen molar-refractivity contribution in [1.82, 2.24) is 15.1 Å². The summed E-state index contributed by atoms with van der Waals surface area (Å²) in [6.45, 7) is -1.92. The molecule has 0 aromatic heterocycles. The molecule has 1 aliphatic rings. The molecule has 33 heavy (non-hydrogen) atoms. The van der Waals surface area contributed by atoms with Gasteiger partial charge in [-0.15, -0.1) is 0 Å². The van der Waals surface area contributed by atoms with Crippen LogP contribution in [0.15, 0.2) is 59.5 Å². The van der Waals surface area contributed by atoms with E-state index < -0.39 is 17.8 Å². The molecule has 0 saturated carbocycles. The Balaban J connectivity index is 1.46. The number of rotatable bonds is 10. The minimum atomic E-state index is -2.92. The summed E-state index contributed by atoms with van der Waals surface area (Å²) in [6, 6.07) is 15.5. The van der Waals surface area contributed by atoms with Gasteiger partial charge in [0.1, 0.15) is 5.75 Å². The summed E-state index contributed by atoms with van der Waals surface area (Å²) in [4.78, 5) is 40.1. The molecule has 0 radical (unpaired) electrons. The first-order valence-corrected chi connectivity index (χ1v) is 10.9. The molecule has 0 atom stereocenters. The van der Waals surface area contributed by atoms with Gasteiger partial charge in [-0.1, -0.05) is 42.5 Å². The van der Waals surface area contributed by atoms with Gasteiger partial charge in [0.25, 0.3) is 11.1 Å². The predicted octanol–water partition coefficient (Wildman–Crippen LogP) is 3.57. The van der Waals surface area contributed by atoms with Gasteiger partial charge in [0.05, 0.1) is 11.4 Å². The highest BCUT2D eigenvalue weighted by atomic mass is 32.2. The molecular weight excluding hydrogens is 452 g/mol. The number of alkyl halides is 2. The van der Waals surface area contributed by atoms with E-state index in [2.05, 4.69) is 10.1 Å². The number of thioether (sulfide) groups is 1. The summed E-state index contributed by atoms with van der Waals surface area (Å²) < 4.78 is 28.8. The lowest BCUT2D eigenvalue weighted by molar-refractivity contribution is -0.124. The maximum Gasteiger partial charge on any atom is 0.387 e. The fourth-order valence-corrected chi connectivity index (χ4v) is 4.01. The van der Waals surface area contributed by atoms with Crippen LogP contribution in [0.5, 0.6) is 5.75 Å². The smallest absolute Gasteiger partial charge is 0.387 e. The lowest BCUT2D eigenvalue weighted by atomic mass is 10.2. The topological polar surface area (TPSA) is 79.0 Å². The van der Waals surface area contributed by atoms with Gasteiger partial charge in [-0.3, -0.25) is 24.2 Å². The second-order valence-electron chi connectivity index (χ2n) is 7.29. The van der Waals surface area contributed by atoms with Crippen molar-refractivity contribution in [3.63, 3.8) is 0 Å². The molecular formula is C23H23F2N3O4S. The minimum Gasteiger partial charge on any atom is -0.435 e. The number of imide groups is 1. The molecule has 0 spiro atoms. The van der Waals surface area contributed by atoms with E-state index in [1.165, 1.54) is 30.3 Å². The van der Waals surface area contributed by atoms with Crippen LogP contribution in [-0.2, 0) is 16.1 Å². The highest BCUT2D eigenvalue weighted by Crippen LogP contribution is 2.32. The highest BCUT2D eigenvalue weighted by Gasteiger charge is 2.34. The number of nitrogens with zero attached hydrogens (tertiary/aromatic N) is 2. The molecule has 3 rings (SSSR count). The molecule has 10 heteroatoms. The van der Waals surface area contributed by atoms with E-state index in [1.54, 1.807) is 0 Å². The zero-order valence-corrected chi connectivity index (χ0v) is 18.7. The third-order valence-corrected chi connectivity index (χ3v) is 5.55. The summed E-state index contributed by atoms with van der Waals surface area (Å²) in [5.41, 5.74) is 1.66. The number of benzene rings is 2. The third-order valence-electron chi connectivity index (χ3n) is 4.64. The molecule has 3 amide bonds. The number of nitrogens with one attached hydrogen (secondary N) is 1. The first-order chi connectivity index (χ1) is 15.8. The Morgan fingerprint density at radius 1 is 1.15 bits per heavy atom. The van der Waals surface area contributed by atoms with Crippen molar-refractivity contribution >= 4 is 34.9 Å². The van der Waals surface area contributed by atoms with Gasteiger partial charge in [0.2, 0.25) is 5.91 Å². The predicted molar refractivity (Wildman–Crippen MR) is 122 cm³/mol. The van der Waals surface area contributed by atoms with E-state index in [4.69, 9.17) is 0 Å². The molecule has 1 N–H and O–H groups in total. The fourth-order valence-electron chi connectivity index (χ4n) is 3.15. The van der Waals surface area contributed by atoms with Crippen molar-refractivity contribution in [1.29, 1.82) is 0 Å². The van der Waals surface area contributed by atoms with Crippen LogP contribution in [0.3, 0.4) is 0 Å². The summed E-state index contributed by atoms with van der Waals surface area (Å²) in [7, 11) is 1.83. The Morgan fingerprint density at radius 3 is 2.52 bits per heavy atom. The van der Waals surface area contributed by atoms with E-state index in [9.17, 15) is 23.2 Å². The van der Waals surface area contributed by atoms with Gasteiger partial charge in [-0.25, -0.2) is 0 Å². The molecule has 1 heterocycles. The third kappa shape index (κ3) is 7.40. The molecule has 2 aromatic rings. The molecule has 0 unspecified atom stereocenters. The van der Waals surface area contributed by atoms with E-state index in [0.29, 0.717) is 12.1 Å². The zero-order chi connectivity index (χ0) is 23.8. The monoisotopic (exact) mass is 475 g/mol. The number of likely N-dealkylation sites (N-methyl/N-ethyl adjacent to an activating group) is 1. The molecule has 7 nitrogen and oxygen atoms in total. The number of carbonyl (C=O) groups excluding carboxylic acids is 3. The SMILES string of the molecule is CN(CC(=O)NCCN1C(=O)S/C(=C/c2ccc(OC(F)F)cc2)C1=O)Cc1ccccc1. The highest BCUT2D eigenvalue weighted by molar-refractivity contribution is 8.18. The number of halogens is 2. The lowest BCUT2D eigenvalue weighted by Gasteiger charge is -2.17. The van der Waals surface area contributed by atoms with Gasteiger partial charge in [0, 0.05) is 19.6 Å². The minimum absolute atomic E-state index is 0.000379. The van der Waals surface area contributed by atoms with Crippen LogP contribution < -0.4 is 10.1 Å². The average molecular weight is 476 g/mol. The van der Waals surface area contributed by atoms with Crippen LogP contribution in [0.2, 0.25) is 0 Å². The van der Waals surface area contributed by atoms with Gasteiger partial charge < -0.3 is 10.1 Å². The van der Waals surface area contributed by atoms with Crippen molar-refractivity contribution in [2.75, 3.05) is 26.7 Å². The second-order valence-corrected chi connectivity index (χ2v) is 8.28. The van der Waals surface area contributed by atoms with E-state index in [-0.39, 0.29) is 36.2 Å². The summed E-state index contributed by atoms with van der Waals surface area (Å²) in [6.07, 6.45) is 1.51. The normalized spacial score (nSPS) is 15.1. The Morgan fingerprint density at radius 2 is 1.85 bits per heavy atom. The fraction of sp³-hybridized carbons (Fsp3) is 0.261. The van der Waals surface area contributed by atoms with E-state index in [0.717, 1.165) is 22.2 Å². The summed E-state index contributed by atoms with van der Waals surface area (Å²) >= 11 is 0.789. The molecule has 0 bridgehead atoms. The van der Waals surface area contributed by atoms with Gasteiger partial charge >= 0.3 is 6.61 Å². The van der Waals surface area contributed by atoms with Crippen LogP contribution in [-0.4, -0.2) is 60.1 Å². The van der Waals surface area contributed by atoms with Gasteiger partial charge in [0.15, 0.2) is 0 Å². The quantitative estimate of drug-likeness (QED) is 0.530. The van der Waals surface area contributed by atoms with Crippen molar-refractivity contribution < 1.29 is 27.9 Å². The number of amides is 3. The first kappa shape index (κ1) is 24.4. The number of hydrogen-bond donors (Lipinski definition) is 1. The second kappa shape index (κ2) is 11.6. The largest absolute Gasteiger partial charge is 0.435 e. The number of carbonyl (C=O) groups is 3. The van der Waals surface area contributed by atoms with Crippen molar-refractivity contribution in [2.45, 2.75) is 13.2 Å². The standard InChI is InChI=1S/C23H23F2N3O4S/c1-27(14-17-5-3-2-4-6-17)15-20(29)26-11-12-28-21(30)19(33-23(28)31)13-16-7-9-18(10-8-16)32-22(24)25/h2-10,13,22H,11-12,14-15H2,1H3,(H,26,29)/b19-13+. The Kier molecular flexibility index (Phi) is 8.56. The summed E-state index contributed by atoms with van der Waals surface area (Å²) in [5.74, 6) is -0.671. The molecule has 1 saturated heterocycles. The average Bonchev–Trinajstić information content (AvgIpc) is 3.02. The Labute approximate surface area is 194 Å². The molecule has 0 aliphatic carbocycles. The van der Waals surface area contributed by atoms with Crippen molar-refractivity contribution in [3.8, 4) is 5.75 Å². The van der Waals surface area contributed by atoms with Crippen LogP contribution in [0.1, 0.15) is 11.1 Å². The van der Waals surface area contributed by atoms with Crippen LogP contribution in [0, 0.1) is 0 Å². The zero-order valence-electron chi connectivity index (χ0n) is 17.9.